The molecule has 3 saturated carbocycles. The maximum Gasteiger partial charge on any atom is -0.0292 e. The van der Waals surface area contributed by atoms with E-state index < -0.39 is 0 Å². The molecule has 0 saturated heterocycles. The van der Waals surface area contributed by atoms with Crippen molar-refractivity contribution in [2.24, 2.45) is 17.3 Å². The van der Waals surface area contributed by atoms with E-state index in [4.69, 9.17) is 0 Å². The van der Waals surface area contributed by atoms with Crippen LogP contribution in [0.1, 0.15) is 44.9 Å². The minimum atomic E-state index is 0.922. The van der Waals surface area contributed by atoms with Crippen LogP contribution in [0.4, 0.5) is 0 Å². The van der Waals surface area contributed by atoms with E-state index in [1.54, 1.807) is 44.9 Å². The maximum absolute atomic E-state index is 1.62. The van der Waals surface area contributed by atoms with Gasteiger partial charge in [-0.15, -0.1) is 0 Å². The summed E-state index contributed by atoms with van der Waals surface area (Å²) >= 11 is 0. The zero-order chi connectivity index (χ0) is 6.60. The van der Waals surface area contributed by atoms with Crippen LogP contribution in [0.15, 0.2) is 0 Å². The lowest BCUT2D eigenvalue weighted by atomic mass is 9.67. The van der Waals surface area contributed by atoms with Crippen LogP contribution in [-0.4, -0.2) is 0 Å². The summed E-state index contributed by atoms with van der Waals surface area (Å²) in [6.07, 6.45) is 11.1. The molecule has 56 valence electrons. The van der Waals surface area contributed by atoms with E-state index in [1.165, 1.54) is 11.8 Å². The summed E-state index contributed by atoms with van der Waals surface area (Å²) in [5.74, 6) is 2.39. The number of hydrogen-bond acceptors (Lipinski definition) is 0. The van der Waals surface area contributed by atoms with Gasteiger partial charge in [0, 0.05) is 0 Å². The molecule has 0 bridgehead atoms. The smallest absolute Gasteiger partial charge is 0.0292 e. The van der Waals surface area contributed by atoms with E-state index in [1.807, 2.05) is 0 Å². The molecular weight excluding hydrogens is 120 g/mol. The van der Waals surface area contributed by atoms with Gasteiger partial charge in [0.2, 0.25) is 0 Å². The summed E-state index contributed by atoms with van der Waals surface area (Å²) < 4.78 is 0. The molecule has 3 rings (SSSR count). The van der Waals surface area contributed by atoms with Gasteiger partial charge >= 0.3 is 0 Å². The molecule has 0 unspecified atom stereocenters. The Hall–Kier alpha value is 0. The van der Waals surface area contributed by atoms with Gasteiger partial charge in [0.05, 0.1) is 0 Å². The highest BCUT2D eigenvalue weighted by Crippen LogP contribution is 2.62. The van der Waals surface area contributed by atoms with E-state index in [-0.39, 0.29) is 0 Å². The second-order valence-corrected chi connectivity index (χ2v) is 4.86. The standard InChI is InChI=1S/C10H16/c1-4-10(5-1)6-8-2-3-9(8)7-10/h8-9H,1-7H2/t8-,9-/m1/s1. The zero-order valence-electron chi connectivity index (χ0n) is 6.60. The first-order valence-electron chi connectivity index (χ1n) is 4.88. The zero-order valence-corrected chi connectivity index (χ0v) is 6.60. The highest BCUT2D eigenvalue weighted by atomic mass is 14.6. The summed E-state index contributed by atoms with van der Waals surface area (Å²) in [6, 6.07) is 0. The molecule has 0 heterocycles. The van der Waals surface area contributed by atoms with Crippen molar-refractivity contribution in [2.75, 3.05) is 0 Å². The molecule has 0 aromatic rings. The van der Waals surface area contributed by atoms with Gasteiger partial charge in [-0.25, -0.2) is 0 Å². The van der Waals surface area contributed by atoms with Gasteiger partial charge < -0.3 is 0 Å². The number of hydrogen-bond donors (Lipinski definition) is 0. The molecule has 0 radical (unpaired) electrons. The molecule has 0 aromatic heterocycles. The summed E-state index contributed by atoms with van der Waals surface area (Å²) in [6.45, 7) is 0. The molecule has 1 spiro atoms. The van der Waals surface area contributed by atoms with E-state index >= 15 is 0 Å². The van der Waals surface area contributed by atoms with Crippen molar-refractivity contribution >= 4 is 0 Å². The normalized spacial score (nSPS) is 48.0. The van der Waals surface area contributed by atoms with Crippen LogP contribution in [0.3, 0.4) is 0 Å². The molecule has 0 amide bonds. The summed E-state index contributed by atoms with van der Waals surface area (Å²) in [4.78, 5) is 0. The second kappa shape index (κ2) is 1.60. The Morgan fingerprint density at radius 1 is 0.900 bits per heavy atom. The van der Waals surface area contributed by atoms with Crippen LogP contribution in [0.5, 0.6) is 0 Å². The third-order valence-electron chi connectivity index (χ3n) is 4.38. The van der Waals surface area contributed by atoms with Crippen molar-refractivity contribution in [3.8, 4) is 0 Å². The van der Waals surface area contributed by atoms with Crippen molar-refractivity contribution in [3.05, 3.63) is 0 Å². The molecule has 0 N–H and O–H groups in total. The van der Waals surface area contributed by atoms with Gasteiger partial charge in [-0.1, -0.05) is 6.42 Å². The lowest BCUT2D eigenvalue weighted by molar-refractivity contribution is 0.137. The van der Waals surface area contributed by atoms with Crippen molar-refractivity contribution in [2.45, 2.75) is 44.9 Å². The molecule has 10 heavy (non-hydrogen) atoms. The fourth-order valence-corrected chi connectivity index (χ4v) is 3.46. The molecule has 0 heteroatoms. The van der Waals surface area contributed by atoms with Crippen molar-refractivity contribution < 1.29 is 0 Å². The fraction of sp³-hybridized carbons (Fsp3) is 1.00. The van der Waals surface area contributed by atoms with Crippen LogP contribution in [-0.2, 0) is 0 Å². The molecule has 0 aliphatic heterocycles. The first-order valence-corrected chi connectivity index (χ1v) is 4.88. The quantitative estimate of drug-likeness (QED) is 0.480. The predicted molar refractivity (Wildman–Crippen MR) is 41.7 cm³/mol. The van der Waals surface area contributed by atoms with Crippen LogP contribution < -0.4 is 0 Å². The minimum absolute atomic E-state index is 0.922. The second-order valence-electron chi connectivity index (χ2n) is 4.86. The molecule has 0 nitrogen and oxygen atoms in total. The highest BCUT2D eigenvalue weighted by Gasteiger charge is 2.51. The Balaban J connectivity index is 1.79. The van der Waals surface area contributed by atoms with Crippen molar-refractivity contribution in [1.29, 1.82) is 0 Å². The molecule has 3 aliphatic rings. The van der Waals surface area contributed by atoms with E-state index in [2.05, 4.69) is 0 Å². The first kappa shape index (κ1) is 5.62. The van der Waals surface area contributed by atoms with E-state index in [0.717, 1.165) is 5.41 Å². The Kier molecular flexibility index (Phi) is 0.898. The molecule has 0 aromatic carbocycles. The van der Waals surface area contributed by atoms with Crippen LogP contribution in [0.2, 0.25) is 0 Å². The van der Waals surface area contributed by atoms with Gasteiger partial charge in [0.15, 0.2) is 0 Å². The Bertz CT molecular complexity index is 141. The minimum Gasteiger partial charge on any atom is -0.0522 e. The summed E-state index contributed by atoms with van der Waals surface area (Å²) in [7, 11) is 0. The monoisotopic (exact) mass is 136 g/mol. The average molecular weight is 136 g/mol. The molecule has 3 aliphatic carbocycles. The van der Waals surface area contributed by atoms with Gasteiger partial charge in [0.25, 0.3) is 0 Å². The fourth-order valence-electron chi connectivity index (χ4n) is 3.46. The molecule has 2 atom stereocenters. The van der Waals surface area contributed by atoms with E-state index in [0.29, 0.717) is 0 Å². The first-order chi connectivity index (χ1) is 4.88. The van der Waals surface area contributed by atoms with Crippen LogP contribution >= 0.6 is 0 Å². The Morgan fingerprint density at radius 3 is 1.80 bits per heavy atom. The third kappa shape index (κ3) is 0.538. The molecular formula is C10H16. The van der Waals surface area contributed by atoms with Crippen molar-refractivity contribution in [1.82, 2.24) is 0 Å². The maximum atomic E-state index is 1.62. The van der Waals surface area contributed by atoms with Gasteiger partial charge in [-0.05, 0) is 55.8 Å². The summed E-state index contributed by atoms with van der Waals surface area (Å²) in [5, 5.41) is 0. The number of fused-ring (bicyclic) bond motifs is 1. The van der Waals surface area contributed by atoms with Crippen LogP contribution in [0, 0.1) is 17.3 Å². The SMILES string of the molecule is C1CC2(C1)C[C@H]1CC[C@@H]1C2. The topological polar surface area (TPSA) is 0 Å². The van der Waals surface area contributed by atoms with Gasteiger partial charge in [-0.3, -0.25) is 0 Å². The average Bonchev–Trinajstić information content (AvgIpc) is 2.05. The lowest BCUT2D eigenvalue weighted by Crippen LogP contribution is -2.25. The summed E-state index contributed by atoms with van der Waals surface area (Å²) in [5.41, 5.74) is 0.922. The highest BCUT2D eigenvalue weighted by molar-refractivity contribution is 5.02. The van der Waals surface area contributed by atoms with Gasteiger partial charge in [-0.2, -0.15) is 0 Å². The largest absolute Gasteiger partial charge is 0.0522 e. The molecule has 3 fully saturated rings. The van der Waals surface area contributed by atoms with E-state index in [9.17, 15) is 0 Å². The number of rotatable bonds is 0. The predicted octanol–water partition coefficient (Wildman–Crippen LogP) is 2.98. The lowest BCUT2D eigenvalue weighted by Gasteiger charge is -2.38. The van der Waals surface area contributed by atoms with Crippen LogP contribution in [0.25, 0.3) is 0 Å². The Morgan fingerprint density at radius 2 is 1.50 bits per heavy atom. The Labute approximate surface area is 63.0 Å². The van der Waals surface area contributed by atoms with Gasteiger partial charge in [0.1, 0.15) is 0 Å². The third-order valence-corrected chi connectivity index (χ3v) is 4.38. The van der Waals surface area contributed by atoms with Crippen molar-refractivity contribution in [3.63, 3.8) is 0 Å².